The van der Waals surface area contributed by atoms with E-state index in [0.29, 0.717) is 12.1 Å². The summed E-state index contributed by atoms with van der Waals surface area (Å²) in [6.07, 6.45) is 0. The lowest BCUT2D eigenvalue weighted by Crippen LogP contribution is -2.32. The number of oxime groups is 1. The Balaban J connectivity index is 2.98. The molecule has 0 spiro atoms. The van der Waals surface area contributed by atoms with Crippen LogP contribution in [0.5, 0.6) is 0 Å². The van der Waals surface area contributed by atoms with E-state index in [1.54, 1.807) is 19.2 Å². The van der Waals surface area contributed by atoms with E-state index < -0.39 is 5.82 Å². The van der Waals surface area contributed by atoms with Gasteiger partial charge in [-0.05, 0) is 20.0 Å². The van der Waals surface area contributed by atoms with Crippen LogP contribution in [0.2, 0.25) is 0 Å². The van der Waals surface area contributed by atoms with Crippen molar-refractivity contribution < 1.29 is 14.7 Å². The Hall–Kier alpha value is -1.66. The molecular formula is C12H18FN3O2. The Kier molecular flexibility index (Phi) is 5.06. The molecule has 1 aromatic carbocycles. The highest BCUT2D eigenvalue weighted by Crippen LogP contribution is 2.15. The zero-order valence-corrected chi connectivity index (χ0v) is 10.5. The second-order valence-corrected chi connectivity index (χ2v) is 4.21. The van der Waals surface area contributed by atoms with Crippen molar-refractivity contribution in [3.8, 4) is 0 Å². The molecule has 1 unspecified atom stereocenters. The molecular weight excluding hydrogens is 237 g/mol. The monoisotopic (exact) mass is 255 g/mol. The smallest absolute Gasteiger partial charge is 0.173 e. The van der Waals surface area contributed by atoms with Gasteiger partial charge in [-0.2, -0.15) is 0 Å². The zero-order chi connectivity index (χ0) is 13.7. The third-order valence-corrected chi connectivity index (χ3v) is 2.90. The third kappa shape index (κ3) is 3.18. The van der Waals surface area contributed by atoms with Crippen LogP contribution in [0.25, 0.3) is 0 Å². The second kappa shape index (κ2) is 6.32. The molecule has 1 rings (SSSR count). The summed E-state index contributed by atoms with van der Waals surface area (Å²) in [5, 5.41) is 20.4. The molecule has 18 heavy (non-hydrogen) atoms. The van der Waals surface area contributed by atoms with Gasteiger partial charge in [-0.1, -0.05) is 17.3 Å². The molecule has 100 valence electrons. The molecule has 0 aromatic heterocycles. The first-order valence-corrected chi connectivity index (χ1v) is 5.57. The topological polar surface area (TPSA) is 82.1 Å². The van der Waals surface area contributed by atoms with E-state index >= 15 is 0 Å². The molecule has 5 nitrogen and oxygen atoms in total. The SMILES string of the molecule is CC(CO)N(C)Cc1cccc(/C(N)=N/O)c1F. The molecule has 0 aliphatic rings. The molecule has 0 fully saturated rings. The van der Waals surface area contributed by atoms with Crippen LogP contribution in [0.3, 0.4) is 0 Å². The molecule has 0 heterocycles. The summed E-state index contributed by atoms with van der Waals surface area (Å²) in [6, 6.07) is 4.65. The van der Waals surface area contributed by atoms with Gasteiger partial charge in [0.05, 0.1) is 12.2 Å². The maximum Gasteiger partial charge on any atom is 0.173 e. The van der Waals surface area contributed by atoms with Gasteiger partial charge in [0.25, 0.3) is 0 Å². The van der Waals surface area contributed by atoms with Gasteiger partial charge in [0.2, 0.25) is 0 Å². The normalized spacial score (nSPS) is 13.9. The van der Waals surface area contributed by atoms with Crippen LogP contribution in [0, 0.1) is 5.82 Å². The summed E-state index contributed by atoms with van der Waals surface area (Å²) in [5.41, 5.74) is 5.89. The van der Waals surface area contributed by atoms with Crippen molar-refractivity contribution in [2.24, 2.45) is 10.9 Å². The summed E-state index contributed by atoms with van der Waals surface area (Å²) >= 11 is 0. The van der Waals surface area contributed by atoms with Crippen LogP contribution in [-0.2, 0) is 6.54 Å². The van der Waals surface area contributed by atoms with Gasteiger partial charge >= 0.3 is 0 Å². The average molecular weight is 255 g/mol. The van der Waals surface area contributed by atoms with Crippen molar-refractivity contribution in [1.82, 2.24) is 4.90 Å². The number of hydrogen-bond donors (Lipinski definition) is 3. The lowest BCUT2D eigenvalue weighted by molar-refractivity contribution is 0.153. The Bertz CT molecular complexity index is 437. The fourth-order valence-corrected chi connectivity index (χ4v) is 1.52. The maximum atomic E-state index is 14.1. The van der Waals surface area contributed by atoms with E-state index in [1.807, 2.05) is 11.8 Å². The quantitative estimate of drug-likeness (QED) is 0.313. The minimum Gasteiger partial charge on any atom is -0.409 e. The van der Waals surface area contributed by atoms with Gasteiger partial charge in [-0.3, -0.25) is 4.90 Å². The van der Waals surface area contributed by atoms with Crippen molar-refractivity contribution in [3.05, 3.63) is 35.1 Å². The average Bonchev–Trinajstić information content (AvgIpc) is 2.39. The molecule has 0 bridgehead atoms. The highest BCUT2D eigenvalue weighted by molar-refractivity contribution is 5.97. The number of nitrogens with two attached hydrogens (primary N) is 1. The first kappa shape index (κ1) is 14.4. The van der Waals surface area contributed by atoms with Gasteiger partial charge in [0.1, 0.15) is 5.82 Å². The standard InChI is InChI=1S/C12H18FN3O2/c1-8(7-17)16(2)6-9-4-3-5-10(11(9)13)12(14)15-18/h3-5,8,17-18H,6-7H2,1-2H3,(H2,14,15). The van der Waals surface area contributed by atoms with Gasteiger partial charge < -0.3 is 16.0 Å². The molecule has 0 saturated carbocycles. The number of benzene rings is 1. The van der Waals surface area contributed by atoms with E-state index in [2.05, 4.69) is 5.16 Å². The first-order chi connectivity index (χ1) is 8.51. The van der Waals surface area contributed by atoms with Crippen molar-refractivity contribution in [2.75, 3.05) is 13.7 Å². The van der Waals surface area contributed by atoms with Crippen LogP contribution in [-0.4, -0.2) is 40.7 Å². The van der Waals surface area contributed by atoms with Gasteiger partial charge in [0, 0.05) is 18.2 Å². The van der Waals surface area contributed by atoms with E-state index in [9.17, 15) is 4.39 Å². The van der Waals surface area contributed by atoms with Crippen LogP contribution in [0.15, 0.2) is 23.4 Å². The van der Waals surface area contributed by atoms with Crippen LogP contribution < -0.4 is 5.73 Å². The Morgan fingerprint density at radius 1 is 1.56 bits per heavy atom. The number of halogens is 1. The molecule has 1 atom stereocenters. The molecule has 0 aliphatic heterocycles. The van der Waals surface area contributed by atoms with Crippen molar-refractivity contribution in [1.29, 1.82) is 0 Å². The fourth-order valence-electron chi connectivity index (χ4n) is 1.52. The number of aliphatic hydroxyl groups is 1. The summed E-state index contributed by atoms with van der Waals surface area (Å²) in [7, 11) is 1.79. The largest absolute Gasteiger partial charge is 0.409 e. The molecule has 0 amide bonds. The number of rotatable bonds is 5. The molecule has 6 heteroatoms. The number of hydrogen-bond acceptors (Lipinski definition) is 4. The Morgan fingerprint density at radius 3 is 2.78 bits per heavy atom. The predicted molar refractivity (Wildman–Crippen MR) is 66.9 cm³/mol. The van der Waals surface area contributed by atoms with E-state index in [-0.39, 0.29) is 24.0 Å². The summed E-state index contributed by atoms with van der Waals surface area (Å²) in [5.74, 6) is -0.767. The Labute approximate surface area is 105 Å². The second-order valence-electron chi connectivity index (χ2n) is 4.21. The van der Waals surface area contributed by atoms with E-state index in [4.69, 9.17) is 16.0 Å². The molecule has 4 N–H and O–H groups in total. The Morgan fingerprint density at radius 2 is 2.22 bits per heavy atom. The van der Waals surface area contributed by atoms with Gasteiger partial charge in [-0.15, -0.1) is 0 Å². The minimum atomic E-state index is -0.509. The maximum absolute atomic E-state index is 14.1. The third-order valence-electron chi connectivity index (χ3n) is 2.90. The van der Waals surface area contributed by atoms with Gasteiger partial charge in [0.15, 0.2) is 5.84 Å². The fraction of sp³-hybridized carbons (Fsp3) is 0.417. The van der Waals surface area contributed by atoms with E-state index in [0.717, 1.165) is 0 Å². The molecule has 1 aromatic rings. The minimum absolute atomic E-state index is 0.00194. The molecule has 0 aliphatic carbocycles. The lowest BCUT2D eigenvalue weighted by Gasteiger charge is -2.23. The van der Waals surface area contributed by atoms with Crippen molar-refractivity contribution >= 4 is 5.84 Å². The van der Waals surface area contributed by atoms with Gasteiger partial charge in [-0.25, -0.2) is 4.39 Å². The lowest BCUT2D eigenvalue weighted by atomic mass is 10.1. The van der Waals surface area contributed by atoms with Crippen LogP contribution in [0.4, 0.5) is 4.39 Å². The number of nitrogens with zero attached hydrogens (tertiary/aromatic N) is 2. The highest BCUT2D eigenvalue weighted by atomic mass is 19.1. The summed E-state index contributed by atoms with van der Waals surface area (Å²) in [4.78, 5) is 1.81. The van der Waals surface area contributed by atoms with Crippen LogP contribution >= 0.6 is 0 Å². The van der Waals surface area contributed by atoms with Crippen molar-refractivity contribution in [3.63, 3.8) is 0 Å². The zero-order valence-electron chi connectivity index (χ0n) is 10.5. The number of likely N-dealkylation sites (N-methyl/N-ethyl adjacent to an activating group) is 1. The number of aliphatic hydroxyl groups excluding tert-OH is 1. The molecule has 0 saturated heterocycles. The highest BCUT2D eigenvalue weighted by Gasteiger charge is 2.15. The summed E-state index contributed by atoms with van der Waals surface area (Å²) < 4.78 is 14.1. The van der Waals surface area contributed by atoms with Crippen LogP contribution in [0.1, 0.15) is 18.1 Å². The number of amidine groups is 1. The first-order valence-electron chi connectivity index (χ1n) is 5.57. The summed E-state index contributed by atoms with van der Waals surface area (Å²) in [6.45, 7) is 2.17. The molecule has 0 radical (unpaired) electrons. The van der Waals surface area contributed by atoms with Crippen molar-refractivity contribution in [2.45, 2.75) is 19.5 Å². The van der Waals surface area contributed by atoms with E-state index in [1.165, 1.54) is 6.07 Å². The predicted octanol–water partition coefficient (Wildman–Crippen LogP) is 0.733.